The summed E-state index contributed by atoms with van der Waals surface area (Å²) in [5.41, 5.74) is 2.09. The molecule has 0 saturated carbocycles. The van der Waals surface area contributed by atoms with E-state index in [2.05, 4.69) is 5.32 Å². The summed E-state index contributed by atoms with van der Waals surface area (Å²) in [5.74, 6) is 0.328. The highest BCUT2D eigenvalue weighted by molar-refractivity contribution is 6.30. The summed E-state index contributed by atoms with van der Waals surface area (Å²) in [6.45, 7) is 7.18. The number of nitrogens with zero attached hydrogens (tertiary/aromatic N) is 1. The van der Waals surface area contributed by atoms with E-state index in [1.54, 1.807) is 24.3 Å². The molecule has 2 aromatic rings. The molecule has 5 nitrogen and oxygen atoms in total. The third-order valence-corrected chi connectivity index (χ3v) is 5.35. The van der Waals surface area contributed by atoms with Crippen LogP contribution in [0.4, 0.5) is 10.5 Å². The van der Waals surface area contributed by atoms with Gasteiger partial charge in [0.15, 0.2) is 0 Å². The van der Waals surface area contributed by atoms with Crippen molar-refractivity contribution in [1.82, 2.24) is 4.90 Å². The molecule has 1 N–H and O–H groups in total. The lowest BCUT2D eigenvalue weighted by Crippen LogP contribution is -2.35. The van der Waals surface area contributed by atoms with Crippen molar-refractivity contribution in [2.24, 2.45) is 5.92 Å². The smallest absolute Gasteiger partial charge is 0.410 e. The lowest BCUT2D eigenvalue weighted by atomic mass is 9.99. The minimum atomic E-state index is -0.458. The molecule has 3 rings (SSSR count). The fraction of sp³-hybridized carbons (Fsp3) is 0.417. The Morgan fingerprint density at radius 2 is 1.77 bits per heavy atom. The van der Waals surface area contributed by atoms with Gasteiger partial charge in [-0.1, -0.05) is 23.7 Å². The molecule has 0 unspecified atom stereocenters. The quantitative estimate of drug-likeness (QED) is 0.656. The molecule has 6 heteroatoms. The SMILES string of the molecule is CC(C)(C)OC(=O)N1CC[C@H](CCc2ccc(NC(=O)c3ccc(Cl)cc3)cc2)C1. The van der Waals surface area contributed by atoms with Crippen molar-refractivity contribution in [2.75, 3.05) is 18.4 Å². The first-order chi connectivity index (χ1) is 14.2. The number of likely N-dealkylation sites (tertiary alicyclic amines) is 1. The first-order valence-electron chi connectivity index (χ1n) is 10.3. The number of hydrogen-bond acceptors (Lipinski definition) is 3. The van der Waals surface area contributed by atoms with Crippen LogP contribution in [0.25, 0.3) is 0 Å². The van der Waals surface area contributed by atoms with E-state index in [4.69, 9.17) is 16.3 Å². The van der Waals surface area contributed by atoms with Crippen LogP contribution in [0.1, 0.15) is 49.5 Å². The summed E-state index contributed by atoms with van der Waals surface area (Å²) < 4.78 is 5.46. The van der Waals surface area contributed by atoms with Crippen molar-refractivity contribution in [3.63, 3.8) is 0 Å². The van der Waals surface area contributed by atoms with E-state index in [1.807, 2.05) is 49.9 Å². The van der Waals surface area contributed by atoms with E-state index in [0.717, 1.165) is 38.0 Å². The lowest BCUT2D eigenvalue weighted by molar-refractivity contribution is 0.0287. The van der Waals surface area contributed by atoms with Crippen molar-refractivity contribution >= 4 is 29.3 Å². The van der Waals surface area contributed by atoms with Crippen LogP contribution in [0.3, 0.4) is 0 Å². The molecule has 1 heterocycles. The maximum atomic E-state index is 12.3. The third kappa shape index (κ3) is 6.49. The van der Waals surface area contributed by atoms with Gasteiger partial charge in [0, 0.05) is 29.4 Å². The molecule has 2 aromatic carbocycles. The van der Waals surface area contributed by atoms with Gasteiger partial charge in [-0.25, -0.2) is 4.79 Å². The van der Waals surface area contributed by atoms with Gasteiger partial charge in [-0.05, 0) is 87.9 Å². The topological polar surface area (TPSA) is 58.6 Å². The van der Waals surface area contributed by atoms with Gasteiger partial charge >= 0.3 is 6.09 Å². The number of nitrogens with one attached hydrogen (secondary N) is 1. The van der Waals surface area contributed by atoms with Crippen LogP contribution in [-0.2, 0) is 11.2 Å². The Hall–Kier alpha value is -2.53. The number of benzene rings is 2. The number of hydrogen-bond donors (Lipinski definition) is 1. The number of ether oxygens (including phenoxy) is 1. The van der Waals surface area contributed by atoms with Gasteiger partial charge in [0.1, 0.15) is 5.60 Å². The molecular weight excluding hydrogens is 400 g/mol. The number of anilines is 1. The molecular formula is C24H29ClN2O3. The highest BCUT2D eigenvalue weighted by atomic mass is 35.5. The van der Waals surface area contributed by atoms with E-state index < -0.39 is 5.60 Å². The molecule has 1 aliphatic heterocycles. The maximum Gasteiger partial charge on any atom is 0.410 e. The summed E-state index contributed by atoms with van der Waals surface area (Å²) in [5, 5.41) is 3.50. The monoisotopic (exact) mass is 428 g/mol. The lowest BCUT2D eigenvalue weighted by Gasteiger charge is -2.24. The fourth-order valence-corrected chi connectivity index (χ4v) is 3.62. The number of carbonyl (C=O) groups is 2. The Bertz CT molecular complexity index is 873. The molecule has 0 radical (unpaired) electrons. The molecule has 0 bridgehead atoms. The average Bonchev–Trinajstić information content (AvgIpc) is 3.16. The van der Waals surface area contributed by atoms with Gasteiger partial charge in [-0.15, -0.1) is 0 Å². The Kier molecular flexibility index (Phi) is 7.03. The van der Waals surface area contributed by atoms with Crippen molar-refractivity contribution in [1.29, 1.82) is 0 Å². The molecule has 30 heavy (non-hydrogen) atoms. The average molecular weight is 429 g/mol. The second kappa shape index (κ2) is 9.52. The molecule has 1 fully saturated rings. The van der Waals surface area contributed by atoms with Crippen molar-refractivity contribution in [3.05, 3.63) is 64.7 Å². The van der Waals surface area contributed by atoms with Crippen molar-refractivity contribution in [3.8, 4) is 0 Å². The highest BCUT2D eigenvalue weighted by Crippen LogP contribution is 2.24. The van der Waals surface area contributed by atoms with E-state index in [1.165, 1.54) is 5.56 Å². The predicted octanol–water partition coefficient (Wildman–Crippen LogP) is 5.78. The van der Waals surface area contributed by atoms with E-state index in [0.29, 0.717) is 16.5 Å². The van der Waals surface area contributed by atoms with Crippen LogP contribution >= 0.6 is 11.6 Å². The van der Waals surface area contributed by atoms with Crippen LogP contribution in [0, 0.1) is 5.92 Å². The second-order valence-corrected chi connectivity index (χ2v) is 9.21. The van der Waals surface area contributed by atoms with Gasteiger partial charge in [0.25, 0.3) is 5.91 Å². The molecule has 2 amide bonds. The number of rotatable bonds is 5. The zero-order valence-corrected chi connectivity index (χ0v) is 18.5. The summed E-state index contributed by atoms with van der Waals surface area (Å²) >= 11 is 5.86. The van der Waals surface area contributed by atoms with E-state index in [-0.39, 0.29) is 12.0 Å². The standard InChI is InChI=1S/C24H29ClN2O3/c1-24(2,3)30-23(29)27-15-14-18(16-27)5-4-17-6-12-21(13-7-17)26-22(28)19-8-10-20(25)11-9-19/h6-13,18H,4-5,14-16H2,1-3H3,(H,26,28)/t18-/m0/s1. The van der Waals surface area contributed by atoms with E-state index >= 15 is 0 Å². The van der Waals surface area contributed by atoms with Crippen LogP contribution < -0.4 is 5.32 Å². The Balaban J connectivity index is 1.45. The zero-order chi connectivity index (χ0) is 21.7. The molecule has 0 aliphatic carbocycles. The van der Waals surface area contributed by atoms with Gasteiger partial charge in [0.05, 0.1) is 0 Å². The van der Waals surface area contributed by atoms with E-state index in [9.17, 15) is 9.59 Å². The third-order valence-electron chi connectivity index (χ3n) is 5.10. The zero-order valence-electron chi connectivity index (χ0n) is 17.8. The van der Waals surface area contributed by atoms with Crippen LogP contribution in [-0.4, -0.2) is 35.6 Å². The molecule has 160 valence electrons. The predicted molar refractivity (Wildman–Crippen MR) is 120 cm³/mol. The Labute approximate surface area is 183 Å². The van der Waals surface area contributed by atoms with Gasteiger partial charge < -0.3 is 15.0 Å². The largest absolute Gasteiger partial charge is 0.444 e. The highest BCUT2D eigenvalue weighted by Gasteiger charge is 2.29. The first-order valence-corrected chi connectivity index (χ1v) is 10.7. The molecule has 1 atom stereocenters. The summed E-state index contributed by atoms with van der Waals surface area (Å²) in [6, 6.07) is 14.7. The molecule has 1 aliphatic rings. The van der Waals surface area contributed by atoms with Crippen molar-refractivity contribution in [2.45, 2.75) is 45.6 Å². The first kappa shape index (κ1) is 22.2. The number of halogens is 1. The van der Waals surface area contributed by atoms with Gasteiger partial charge in [0.2, 0.25) is 0 Å². The number of amides is 2. The van der Waals surface area contributed by atoms with Gasteiger partial charge in [-0.3, -0.25) is 4.79 Å². The number of carbonyl (C=O) groups excluding carboxylic acids is 2. The summed E-state index contributed by atoms with van der Waals surface area (Å²) in [7, 11) is 0. The van der Waals surface area contributed by atoms with Crippen LogP contribution in [0.2, 0.25) is 5.02 Å². The van der Waals surface area contributed by atoms with Gasteiger partial charge in [-0.2, -0.15) is 0 Å². The fourth-order valence-electron chi connectivity index (χ4n) is 3.49. The number of aryl methyl sites for hydroxylation is 1. The molecule has 0 spiro atoms. The van der Waals surface area contributed by atoms with Crippen LogP contribution in [0.15, 0.2) is 48.5 Å². The van der Waals surface area contributed by atoms with Crippen LogP contribution in [0.5, 0.6) is 0 Å². The maximum absolute atomic E-state index is 12.3. The minimum Gasteiger partial charge on any atom is -0.444 e. The van der Waals surface area contributed by atoms with Crippen molar-refractivity contribution < 1.29 is 14.3 Å². The molecule has 1 saturated heterocycles. The minimum absolute atomic E-state index is 0.160. The second-order valence-electron chi connectivity index (χ2n) is 8.78. The molecule has 0 aromatic heterocycles. The Morgan fingerprint density at radius 3 is 2.40 bits per heavy atom. The summed E-state index contributed by atoms with van der Waals surface area (Å²) in [4.78, 5) is 26.3. The summed E-state index contributed by atoms with van der Waals surface area (Å²) in [6.07, 6.45) is 2.76. The Morgan fingerprint density at radius 1 is 1.10 bits per heavy atom. The normalized spacial score (nSPS) is 16.4.